The van der Waals surface area contributed by atoms with Crippen LogP contribution in [0.3, 0.4) is 0 Å². The van der Waals surface area contributed by atoms with Crippen LogP contribution in [0.1, 0.15) is 41.9 Å². The molecule has 1 N–H and O–H groups in total. The summed E-state index contributed by atoms with van der Waals surface area (Å²) in [7, 11) is 1.82. The summed E-state index contributed by atoms with van der Waals surface area (Å²) < 4.78 is 20.4. The van der Waals surface area contributed by atoms with E-state index in [1.807, 2.05) is 20.0 Å². The molecule has 5 rings (SSSR count). The zero-order valence-corrected chi connectivity index (χ0v) is 16.5. The lowest BCUT2D eigenvalue weighted by atomic mass is 9.38. The van der Waals surface area contributed by atoms with Gasteiger partial charge in [0.05, 0.1) is 5.02 Å². The van der Waals surface area contributed by atoms with Crippen molar-refractivity contribution in [3.05, 3.63) is 46.5 Å². The van der Waals surface area contributed by atoms with Crippen LogP contribution in [-0.4, -0.2) is 33.6 Å². The number of amides is 1. The molecule has 6 nitrogen and oxygen atoms in total. The molecule has 1 amide bonds. The van der Waals surface area contributed by atoms with Crippen LogP contribution >= 0.6 is 11.6 Å². The number of carbonyl (C=O) groups excluding carboxylic acids is 2. The van der Waals surface area contributed by atoms with Gasteiger partial charge in [-0.3, -0.25) is 14.3 Å². The molecule has 1 aromatic carbocycles. The highest BCUT2D eigenvalue weighted by atomic mass is 35.5. The summed E-state index contributed by atoms with van der Waals surface area (Å²) >= 11 is 5.62. The largest absolute Gasteiger partial charge is 0.484 e. The minimum Gasteiger partial charge on any atom is -0.484 e. The molecule has 0 saturated heterocycles. The molecule has 2 aromatic rings. The molecule has 3 aliphatic rings. The number of carbonyl (C=O) groups is 2. The van der Waals surface area contributed by atoms with E-state index in [-0.39, 0.29) is 40.0 Å². The second-order valence-electron chi connectivity index (χ2n) is 8.12. The number of halogens is 2. The summed E-state index contributed by atoms with van der Waals surface area (Å²) in [6.07, 6.45) is 2.83. The molecule has 0 radical (unpaired) electrons. The Balaban J connectivity index is 1.24. The van der Waals surface area contributed by atoms with Crippen LogP contribution in [0.25, 0.3) is 0 Å². The molecule has 3 fully saturated rings. The van der Waals surface area contributed by atoms with E-state index in [9.17, 15) is 14.0 Å². The average molecular weight is 406 g/mol. The van der Waals surface area contributed by atoms with Crippen molar-refractivity contribution in [2.24, 2.45) is 12.5 Å². The van der Waals surface area contributed by atoms with Gasteiger partial charge >= 0.3 is 0 Å². The smallest absolute Gasteiger partial charge is 0.258 e. The Bertz CT molecular complexity index is 932. The minimum absolute atomic E-state index is 0.00590. The van der Waals surface area contributed by atoms with E-state index in [0.717, 1.165) is 31.0 Å². The molecule has 28 heavy (non-hydrogen) atoms. The van der Waals surface area contributed by atoms with Crippen LogP contribution in [-0.2, 0) is 11.8 Å². The quantitative estimate of drug-likeness (QED) is 0.718. The van der Waals surface area contributed by atoms with Crippen molar-refractivity contribution in [1.82, 2.24) is 15.1 Å². The summed E-state index contributed by atoms with van der Waals surface area (Å²) in [5.41, 5.74) is 1.21. The Morgan fingerprint density at radius 2 is 2.04 bits per heavy atom. The molecule has 3 aliphatic carbocycles. The predicted octanol–water partition coefficient (Wildman–Crippen LogP) is 3.21. The number of aromatic nitrogens is 2. The Hall–Kier alpha value is -2.41. The number of ketones is 1. The van der Waals surface area contributed by atoms with Gasteiger partial charge in [0, 0.05) is 30.8 Å². The topological polar surface area (TPSA) is 73.2 Å². The van der Waals surface area contributed by atoms with Crippen LogP contribution in [0.4, 0.5) is 4.39 Å². The van der Waals surface area contributed by atoms with Crippen LogP contribution < -0.4 is 10.1 Å². The number of nitrogens with zero attached hydrogens (tertiary/aromatic N) is 2. The summed E-state index contributed by atoms with van der Waals surface area (Å²) in [5.74, 6) is -0.539. The zero-order chi connectivity index (χ0) is 20.1. The Morgan fingerprint density at radius 1 is 1.32 bits per heavy atom. The molecule has 1 aromatic heterocycles. The SMILES string of the molecule is Cc1cc(C(=O)CC23CC(NC(=O)COc4ccc(Cl)c(F)c4)(C2)C3)nn1C. The fourth-order valence-electron chi connectivity index (χ4n) is 4.49. The van der Waals surface area contributed by atoms with E-state index in [0.29, 0.717) is 12.1 Å². The first-order valence-corrected chi connectivity index (χ1v) is 9.50. The van der Waals surface area contributed by atoms with Crippen molar-refractivity contribution in [3.8, 4) is 5.75 Å². The molecule has 8 heteroatoms. The number of rotatable bonds is 7. The second-order valence-corrected chi connectivity index (χ2v) is 8.53. The van der Waals surface area contributed by atoms with Gasteiger partial charge in [0.25, 0.3) is 5.91 Å². The number of hydrogen-bond donors (Lipinski definition) is 1. The Morgan fingerprint density at radius 3 is 2.64 bits per heavy atom. The van der Waals surface area contributed by atoms with Crippen LogP contribution in [0.15, 0.2) is 24.3 Å². The Kier molecular flexibility index (Phi) is 4.45. The molecule has 2 bridgehead atoms. The van der Waals surface area contributed by atoms with Gasteiger partial charge in [-0.05, 0) is 49.8 Å². The Labute approximate surface area is 167 Å². The molecular formula is C20H21ClFN3O3. The van der Waals surface area contributed by atoms with E-state index in [1.165, 1.54) is 12.1 Å². The molecule has 148 valence electrons. The highest BCUT2D eigenvalue weighted by Crippen LogP contribution is 2.69. The lowest BCUT2D eigenvalue weighted by Gasteiger charge is -2.70. The average Bonchev–Trinajstić information content (AvgIpc) is 2.92. The van der Waals surface area contributed by atoms with Crippen LogP contribution in [0.5, 0.6) is 5.75 Å². The number of hydrogen-bond acceptors (Lipinski definition) is 4. The normalized spacial score (nSPS) is 24.9. The number of Topliss-reactive ketones (excluding diaryl/α,β-unsaturated/α-hetero) is 1. The van der Waals surface area contributed by atoms with Crippen molar-refractivity contribution < 1.29 is 18.7 Å². The summed E-state index contributed by atoms with van der Waals surface area (Å²) in [6, 6.07) is 5.85. The van der Waals surface area contributed by atoms with Gasteiger partial charge in [-0.2, -0.15) is 5.10 Å². The minimum atomic E-state index is -0.589. The fourth-order valence-corrected chi connectivity index (χ4v) is 4.61. The number of aryl methyl sites for hydroxylation is 2. The second kappa shape index (κ2) is 6.58. The van der Waals surface area contributed by atoms with Crippen molar-refractivity contribution in [3.63, 3.8) is 0 Å². The summed E-state index contributed by atoms with van der Waals surface area (Å²) in [4.78, 5) is 24.6. The molecule has 1 heterocycles. The van der Waals surface area contributed by atoms with E-state index in [2.05, 4.69) is 10.4 Å². The third-order valence-electron chi connectivity index (χ3n) is 5.74. The highest BCUT2D eigenvalue weighted by molar-refractivity contribution is 6.30. The molecular weight excluding hydrogens is 385 g/mol. The summed E-state index contributed by atoms with van der Waals surface area (Å²) in [5, 5.41) is 7.24. The number of benzene rings is 1. The van der Waals surface area contributed by atoms with Crippen molar-refractivity contribution in [2.75, 3.05) is 6.61 Å². The predicted molar refractivity (Wildman–Crippen MR) is 101 cm³/mol. The van der Waals surface area contributed by atoms with E-state index < -0.39 is 5.82 Å². The first-order chi connectivity index (χ1) is 13.2. The van der Waals surface area contributed by atoms with Crippen LogP contribution in [0.2, 0.25) is 5.02 Å². The maximum atomic E-state index is 13.4. The molecule has 0 atom stereocenters. The zero-order valence-electron chi connectivity index (χ0n) is 15.7. The standard InChI is InChI=1S/C20H21ClFN3O3/c1-12-5-16(24-25(12)2)17(26)7-19-9-20(10-19,11-19)23-18(27)8-28-13-3-4-14(21)15(22)6-13/h3-6H,7-11H2,1-2H3,(H,23,27). The fraction of sp³-hybridized carbons (Fsp3) is 0.450. The lowest BCUT2D eigenvalue weighted by Crippen LogP contribution is -2.75. The van der Waals surface area contributed by atoms with Crippen molar-refractivity contribution >= 4 is 23.3 Å². The maximum absolute atomic E-state index is 13.4. The van der Waals surface area contributed by atoms with Gasteiger partial charge in [-0.15, -0.1) is 0 Å². The number of nitrogens with one attached hydrogen (secondary N) is 1. The van der Waals surface area contributed by atoms with Gasteiger partial charge in [0.15, 0.2) is 12.4 Å². The van der Waals surface area contributed by atoms with Gasteiger partial charge < -0.3 is 10.1 Å². The van der Waals surface area contributed by atoms with Crippen molar-refractivity contribution in [1.29, 1.82) is 0 Å². The van der Waals surface area contributed by atoms with E-state index >= 15 is 0 Å². The monoisotopic (exact) mass is 405 g/mol. The van der Waals surface area contributed by atoms with E-state index in [4.69, 9.17) is 16.3 Å². The first-order valence-electron chi connectivity index (χ1n) is 9.12. The third kappa shape index (κ3) is 3.39. The van der Waals surface area contributed by atoms with E-state index in [1.54, 1.807) is 4.68 Å². The first kappa shape index (κ1) is 18.9. The molecule has 0 aliphatic heterocycles. The lowest BCUT2D eigenvalue weighted by molar-refractivity contribution is -0.164. The van der Waals surface area contributed by atoms with Crippen molar-refractivity contribution in [2.45, 2.75) is 38.1 Å². The van der Waals surface area contributed by atoms with Gasteiger partial charge in [-0.1, -0.05) is 11.6 Å². The third-order valence-corrected chi connectivity index (χ3v) is 6.05. The molecule has 0 unspecified atom stereocenters. The molecule has 3 saturated carbocycles. The molecule has 0 spiro atoms. The van der Waals surface area contributed by atoms with Gasteiger partial charge in [0.2, 0.25) is 0 Å². The van der Waals surface area contributed by atoms with Gasteiger partial charge in [0.1, 0.15) is 17.3 Å². The van der Waals surface area contributed by atoms with Crippen LogP contribution in [0, 0.1) is 18.2 Å². The summed E-state index contributed by atoms with van der Waals surface area (Å²) in [6.45, 7) is 1.72. The van der Waals surface area contributed by atoms with Gasteiger partial charge in [-0.25, -0.2) is 4.39 Å². The highest BCUT2D eigenvalue weighted by Gasteiger charge is 2.68. The maximum Gasteiger partial charge on any atom is 0.258 e. The number of ether oxygens (including phenoxy) is 1.